The SMILES string of the molecule is CN=C(NCC1(c2ccc(OC)cc2)CC1)N1CCC(CC(=O)NC)CC1. The van der Waals surface area contributed by atoms with Gasteiger partial charge in [-0.05, 0) is 49.3 Å². The predicted octanol–water partition coefficient (Wildman–Crippen LogP) is 2.15. The monoisotopic (exact) mass is 372 g/mol. The summed E-state index contributed by atoms with van der Waals surface area (Å²) < 4.78 is 5.27. The maximum Gasteiger partial charge on any atom is 0.220 e. The third-order valence-electron chi connectivity index (χ3n) is 6.02. The number of carbonyl (C=O) groups is 1. The van der Waals surface area contributed by atoms with E-state index in [1.165, 1.54) is 18.4 Å². The number of ether oxygens (including phenoxy) is 1. The predicted molar refractivity (Wildman–Crippen MR) is 108 cm³/mol. The number of methoxy groups -OCH3 is 1. The molecule has 0 bridgehead atoms. The van der Waals surface area contributed by atoms with Crippen molar-refractivity contribution >= 4 is 11.9 Å². The summed E-state index contributed by atoms with van der Waals surface area (Å²) in [5.41, 5.74) is 1.59. The fourth-order valence-corrected chi connectivity index (χ4v) is 3.96. The van der Waals surface area contributed by atoms with E-state index < -0.39 is 0 Å². The van der Waals surface area contributed by atoms with Gasteiger partial charge in [0.1, 0.15) is 5.75 Å². The van der Waals surface area contributed by atoms with Gasteiger partial charge in [-0.2, -0.15) is 0 Å². The van der Waals surface area contributed by atoms with Crippen molar-refractivity contribution in [2.24, 2.45) is 10.9 Å². The first-order valence-electron chi connectivity index (χ1n) is 9.91. The molecule has 1 heterocycles. The molecule has 2 fully saturated rings. The quantitative estimate of drug-likeness (QED) is 0.593. The highest BCUT2D eigenvalue weighted by Crippen LogP contribution is 2.47. The van der Waals surface area contributed by atoms with E-state index in [4.69, 9.17) is 4.74 Å². The van der Waals surface area contributed by atoms with Gasteiger partial charge in [-0.3, -0.25) is 9.79 Å². The van der Waals surface area contributed by atoms with E-state index in [0.29, 0.717) is 12.3 Å². The molecular formula is C21H32N4O2. The van der Waals surface area contributed by atoms with Crippen LogP contribution in [0.1, 0.15) is 37.7 Å². The maximum atomic E-state index is 11.6. The van der Waals surface area contributed by atoms with Gasteiger partial charge in [0.2, 0.25) is 5.91 Å². The van der Waals surface area contributed by atoms with Crippen molar-refractivity contribution in [1.82, 2.24) is 15.5 Å². The van der Waals surface area contributed by atoms with Crippen molar-refractivity contribution < 1.29 is 9.53 Å². The van der Waals surface area contributed by atoms with Crippen LogP contribution >= 0.6 is 0 Å². The Kier molecular flexibility index (Phi) is 6.24. The minimum absolute atomic E-state index is 0.145. The molecule has 1 amide bonds. The van der Waals surface area contributed by atoms with Gasteiger partial charge >= 0.3 is 0 Å². The first-order valence-corrected chi connectivity index (χ1v) is 9.91. The summed E-state index contributed by atoms with van der Waals surface area (Å²) in [5, 5.41) is 6.33. The smallest absolute Gasteiger partial charge is 0.220 e. The second-order valence-electron chi connectivity index (χ2n) is 7.72. The summed E-state index contributed by atoms with van der Waals surface area (Å²) in [6.45, 7) is 2.82. The lowest BCUT2D eigenvalue weighted by molar-refractivity contribution is -0.121. The van der Waals surface area contributed by atoms with Gasteiger partial charge in [0.15, 0.2) is 5.96 Å². The number of benzene rings is 1. The number of likely N-dealkylation sites (tertiary alicyclic amines) is 1. The minimum atomic E-state index is 0.145. The molecule has 1 saturated heterocycles. The first-order chi connectivity index (χ1) is 13.1. The second kappa shape index (κ2) is 8.63. The van der Waals surface area contributed by atoms with E-state index in [2.05, 4.69) is 32.7 Å². The molecule has 1 aliphatic heterocycles. The lowest BCUT2D eigenvalue weighted by Crippen LogP contribution is -2.47. The van der Waals surface area contributed by atoms with Crippen LogP contribution in [-0.4, -0.2) is 57.6 Å². The Labute approximate surface area is 162 Å². The van der Waals surface area contributed by atoms with Crippen molar-refractivity contribution in [3.63, 3.8) is 0 Å². The third kappa shape index (κ3) is 4.73. The highest BCUT2D eigenvalue weighted by molar-refractivity contribution is 5.80. The summed E-state index contributed by atoms with van der Waals surface area (Å²) in [6, 6.07) is 8.45. The van der Waals surface area contributed by atoms with E-state index >= 15 is 0 Å². The molecule has 0 spiro atoms. The summed E-state index contributed by atoms with van der Waals surface area (Å²) in [6.07, 6.45) is 5.13. The van der Waals surface area contributed by atoms with Crippen molar-refractivity contribution in [2.45, 2.75) is 37.5 Å². The molecule has 1 saturated carbocycles. The lowest BCUT2D eigenvalue weighted by atomic mass is 9.93. The Morgan fingerprint density at radius 1 is 1.26 bits per heavy atom. The Morgan fingerprint density at radius 3 is 2.44 bits per heavy atom. The molecule has 0 atom stereocenters. The molecule has 0 aromatic heterocycles. The fourth-order valence-electron chi connectivity index (χ4n) is 3.96. The number of rotatable bonds is 6. The van der Waals surface area contributed by atoms with Gasteiger partial charge in [0.25, 0.3) is 0 Å². The van der Waals surface area contributed by atoms with Gasteiger partial charge in [-0.1, -0.05) is 12.1 Å². The van der Waals surface area contributed by atoms with Crippen LogP contribution in [0.25, 0.3) is 0 Å². The zero-order chi connectivity index (χ0) is 19.3. The molecule has 27 heavy (non-hydrogen) atoms. The third-order valence-corrected chi connectivity index (χ3v) is 6.02. The number of amides is 1. The highest BCUT2D eigenvalue weighted by Gasteiger charge is 2.44. The van der Waals surface area contributed by atoms with Crippen molar-refractivity contribution in [3.05, 3.63) is 29.8 Å². The van der Waals surface area contributed by atoms with Crippen LogP contribution in [0.15, 0.2) is 29.3 Å². The van der Waals surface area contributed by atoms with Gasteiger partial charge in [-0.15, -0.1) is 0 Å². The van der Waals surface area contributed by atoms with Gasteiger partial charge in [-0.25, -0.2) is 0 Å². The zero-order valence-electron chi connectivity index (χ0n) is 16.8. The van der Waals surface area contributed by atoms with E-state index in [-0.39, 0.29) is 11.3 Å². The van der Waals surface area contributed by atoms with Crippen LogP contribution in [0.2, 0.25) is 0 Å². The summed E-state index contributed by atoms with van der Waals surface area (Å²) >= 11 is 0. The van der Waals surface area contributed by atoms with E-state index in [1.807, 2.05) is 19.2 Å². The Morgan fingerprint density at radius 2 is 1.93 bits per heavy atom. The molecule has 1 aliphatic carbocycles. The normalized spacial score (nSPS) is 19.5. The molecule has 3 rings (SSSR count). The molecule has 1 aromatic carbocycles. The van der Waals surface area contributed by atoms with Crippen LogP contribution in [0.3, 0.4) is 0 Å². The van der Waals surface area contributed by atoms with Gasteiger partial charge in [0.05, 0.1) is 7.11 Å². The van der Waals surface area contributed by atoms with E-state index in [1.54, 1.807) is 14.2 Å². The van der Waals surface area contributed by atoms with Crippen LogP contribution in [-0.2, 0) is 10.2 Å². The first kappa shape index (κ1) is 19.5. The number of aliphatic imine (C=N–C) groups is 1. The van der Waals surface area contributed by atoms with E-state index in [9.17, 15) is 4.79 Å². The molecule has 2 N–H and O–H groups in total. The molecule has 6 nitrogen and oxygen atoms in total. The van der Waals surface area contributed by atoms with Crippen LogP contribution in [0, 0.1) is 5.92 Å². The maximum absolute atomic E-state index is 11.6. The number of nitrogens with zero attached hydrogens (tertiary/aromatic N) is 2. The number of guanidine groups is 1. The number of hydrogen-bond acceptors (Lipinski definition) is 3. The minimum Gasteiger partial charge on any atom is -0.497 e. The summed E-state index contributed by atoms with van der Waals surface area (Å²) in [5.74, 6) is 2.51. The van der Waals surface area contributed by atoms with Gasteiger partial charge < -0.3 is 20.3 Å². The average Bonchev–Trinajstić information content (AvgIpc) is 3.50. The molecule has 2 aliphatic rings. The van der Waals surface area contributed by atoms with Crippen molar-refractivity contribution in [3.8, 4) is 5.75 Å². The molecule has 6 heteroatoms. The Bertz CT molecular complexity index is 659. The van der Waals surface area contributed by atoms with Crippen LogP contribution < -0.4 is 15.4 Å². The number of piperidine rings is 1. The van der Waals surface area contributed by atoms with Gasteiger partial charge in [0, 0.05) is 45.6 Å². The van der Waals surface area contributed by atoms with Crippen molar-refractivity contribution in [2.75, 3.05) is 40.8 Å². The second-order valence-corrected chi connectivity index (χ2v) is 7.72. The average molecular weight is 373 g/mol. The number of carbonyl (C=O) groups excluding carboxylic acids is 1. The summed E-state index contributed by atoms with van der Waals surface area (Å²) in [4.78, 5) is 18.4. The lowest BCUT2D eigenvalue weighted by Gasteiger charge is -2.34. The fraction of sp³-hybridized carbons (Fsp3) is 0.619. The molecular weight excluding hydrogens is 340 g/mol. The number of nitrogens with one attached hydrogen (secondary N) is 2. The Hall–Kier alpha value is -2.24. The molecule has 148 valence electrons. The molecule has 0 unspecified atom stereocenters. The van der Waals surface area contributed by atoms with E-state index in [0.717, 1.165) is 44.2 Å². The molecule has 0 radical (unpaired) electrons. The largest absolute Gasteiger partial charge is 0.497 e. The Balaban J connectivity index is 1.51. The summed E-state index contributed by atoms with van der Waals surface area (Å²) in [7, 11) is 5.26. The zero-order valence-corrected chi connectivity index (χ0v) is 16.8. The number of hydrogen-bond donors (Lipinski definition) is 2. The standard InChI is InChI=1S/C21H32N4O2/c1-22-19(26)14-16-8-12-25(13-9-16)20(23-2)24-15-21(10-11-21)17-4-6-18(27-3)7-5-17/h4-7,16H,8-15H2,1-3H3,(H,22,26)(H,23,24). The van der Waals surface area contributed by atoms with Crippen LogP contribution in [0.5, 0.6) is 5.75 Å². The van der Waals surface area contributed by atoms with Crippen molar-refractivity contribution in [1.29, 1.82) is 0 Å². The van der Waals surface area contributed by atoms with Crippen LogP contribution in [0.4, 0.5) is 0 Å². The highest BCUT2D eigenvalue weighted by atomic mass is 16.5. The topological polar surface area (TPSA) is 66.0 Å². The molecule has 1 aromatic rings.